The lowest BCUT2D eigenvalue weighted by atomic mass is 10.1. The number of rotatable bonds is 3. The number of hydrogen-bond acceptors (Lipinski definition) is 3. The minimum atomic E-state index is 0.752. The lowest BCUT2D eigenvalue weighted by molar-refractivity contribution is 0.0938. The summed E-state index contributed by atoms with van der Waals surface area (Å²) in [6, 6.07) is 9.66. The predicted molar refractivity (Wildman–Crippen MR) is 82.9 cm³/mol. The smallest absolute Gasteiger partial charge is 0.0263 e. The lowest BCUT2D eigenvalue weighted by Crippen LogP contribution is -2.52. The Kier molecular flexibility index (Phi) is 4.15. The summed E-state index contributed by atoms with van der Waals surface area (Å²) >= 11 is 2.08. The highest BCUT2D eigenvalue weighted by Crippen LogP contribution is 2.37. The molecule has 0 bridgehead atoms. The molecule has 0 aromatic heterocycles. The van der Waals surface area contributed by atoms with Gasteiger partial charge in [-0.15, -0.1) is 11.8 Å². The van der Waals surface area contributed by atoms with Crippen LogP contribution < -0.4 is 0 Å². The molecule has 0 aliphatic carbocycles. The summed E-state index contributed by atoms with van der Waals surface area (Å²) in [5, 5.41) is 0.762. The van der Waals surface area contributed by atoms with Gasteiger partial charge in [-0.25, -0.2) is 0 Å². The molecule has 1 fully saturated rings. The maximum Gasteiger partial charge on any atom is 0.0263 e. The average Bonchev–Trinajstić information content (AvgIpc) is 2.83. The van der Waals surface area contributed by atoms with Crippen LogP contribution in [0.4, 0.5) is 0 Å². The van der Waals surface area contributed by atoms with Gasteiger partial charge in [-0.3, -0.25) is 4.90 Å². The first-order valence-electron chi connectivity index (χ1n) is 7.43. The normalized spacial score (nSPS) is 28.5. The van der Waals surface area contributed by atoms with Crippen molar-refractivity contribution in [2.75, 3.05) is 33.2 Å². The molecule has 2 aliphatic rings. The second-order valence-electron chi connectivity index (χ2n) is 5.85. The quantitative estimate of drug-likeness (QED) is 0.838. The summed E-state index contributed by atoms with van der Waals surface area (Å²) in [5.41, 5.74) is 1.55. The van der Waals surface area contributed by atoms with Gasteiger partial charge >= 0.3 is 0 Å². The van der Waals surface area contributed by atoms with E-state index in [-0.39, 0.29) is 0 Å². The van der Waals surface area contributed by atoms with Crippen molar-refractivity contribution < 1.29 is 0 Å². The van der Waals surface area contributed by atoms with Crippen molar-refractivity contribution in [3.63, 3.8) is 0 Å². The van der Waals surface area contributed by atoms with E-state index in [9.17, 15) is 0 Å². The van der Waals surface area contributed by atoms with E-state index in [0.717, 1.165) is 11.3 Å². The third kappa shape index (κ3) is 2.99. The van der Waals surface area contributed by atoms with E-state index in [1.165, 1.54) is 43.9 Å². The molecule has 2 nitrogen and oxygen atoms in total. The van der Waals surface area contributed by atoms with Crippen LogP contribution in [0, 0.1) is 0 Å². The molecule has 1 aromatic carbocycles. The molecule has 2 atom stereocenters. The molecule has 3 rings (SSSR count). The van der Waals surface area contributed by atoms with Crippen LogP contribution in [-0.4, -0.2) is 54.3 Å². The van der Waals surface area contributed by atoms with Gasteiger partial charge in [0.2, 0.25) is 0 Å². The molecule has 1 aromatic rings. The fourth-order valence-corrected chi connectivity index (χ4v) is 4.63. The Hall–Kier alpha value is -0.510. The van der Waals surface area contributed by atoms with Gasteiger partial charge < -0.3 is 4.90 Å². The van der Waals surface area contributed by atoms with Gasteiger partial charge in [0, 0.05) is 42.4 Å². The SMILES string of the molecule is CCC1CN(CC2Cc3ccccc3S2)CCN1C. The summed E-state index contributed by atoms with van der Waals surface area (Å²) in [5.74, 6) is 0. The summed E-state index contributed by atoms with van der Waals surface area (Å²) in [6.45, 7) is 7.28. The molecule has 0 radical (unpaired) electrons. The molecule has 2 aliphatic heterocycles. The molecule has 0 N–H and O–H groups in total. The third-order valence-electron chi connectivity index (χ3n) is 4.51. The zero-order chi connectivity index (χ0) is 13.2. The van der Waals surface area contributed by atoms with Gasteiger partial charge in [0.15, 0.2) is 0 Å². The maximum atomic E-state index is 2.68. The Labute approximate surface area is 121 Å². The molecule has 3 heteroatoms. The first-order valence-corrected chi connectivity index (χ1v) is 8.31. The van der Waals surface area contributed by atoms with Crippen molar-refractivity contribution in [2.45, 2.75) is 36.0 Å². The summed E-state index contributed by atoms with van der Waals surface area (Å²) < 4.78 is 0. The lowest BCUT2D eigenvalue weighted by Gasteiger charge is -2.40. The number of piperazine rings is 1. The number of hydrogen-bond donors (Lipinski definition) is 0. The van der Waals surface area contributed by atoms with Crippen molar-refractivity contribution in [1.82, 2.24) is 9.80 Å². The first kappa shape index (κ1) is 13.5. The number of fused-ring (bicyclic) bond motifs is 1. The van der Waals surface area contributed by atoms with Crippen LogP contribution in [0.25, 0.3) is 0 Å². The molecule has 1 saturated heterocycles. The minimum Gasteiger partial charge on any atom is -0.301 e. The number of thioether (sulfide) groups is 1. The van der Waals surface area contributed by atoms with Crippen molar-refractivity contribution in [3.8, 4) is 0 Å². The number of nitrogens with zero attached hydrogens (tertiary/aromatic N) is 2. The van der Waals surface area contributed by atoms with Crippen LogP contribution in [0.1, 0.15) is 18.9 Å². The molecule has 0 amide bonds. The summed E-state index contributed by atoms with van der Waals surface area (Å²) in [7, 11) is 2.27. The second-order valence-corrected chi connectivity index (χ2v) is 7.20. The molecular formula is C16H24N2S. The molecule has 0 spiro atoms. The van der Waals surface area contributed by atoms with Crippen LogP contribution in [-0.2, 0) is 6.42 Å². The number of likely N-dealkylation sites (N-methyl/N-ethyl adjacent to an activating group) is 1. The van der Waals surface area contributed by atoms with E-state index >= 15 is 0 Å². The fourth-order valence-electron chi connectivity index (χ4n) is 3.26. The molecule has 104 valence electrons. The van der Waals surface area contributed by atoms with E-state index < -0.39 is 0 Å². The predicted octanol–water partition coefficient (Wildman–Crippen LogP) is 2.73. The van der Waals surface area contributed by atoms with Gasteiger partial charge in [0.1, 0.15) is 0 Å². The topological polar surface area (TPSA) is 6.48 Å². The van der Waals surface area contributed by atoms with Crippen molar-refractivity contribution in [3.05, 3.63) is 29.8 Å². The zero-order valence-electron chi connectivity index (χ0n) is 12.0. The highest BCUT2D eigenvalue weighted by Gasteiger charge is 2.28. The van der Waals surface area contributed by atoms with E-state index in [2.05, 4.69) is 59.8 Å². The molecular weight excluding hydrogens is 252 g/mol. The van der Waals surface area contributed by atoms with E-state index in [1.54, 1.807) is 5.56 Å². The van der Waals surface area contributed by atoms with Gasteiger partial charge in [0.05, 0.1) is 0 Å². The van der Waals surface area contributed by atoms with Crippen molar-refractivity contribution >= 4 is 11.8 Å². The van der Waals surface area contributed by atoms with E-state index in [4.69, 9.17) is 0 Å². The van der Waals surface area contributed by atoms with Gasteiger partial charge in [-0.1, -0.05) is 25.1 Å². The minimum absolute atomic E-state index is 0.752. The average molecular weight is 276 g/mol. The second kappa shape index (κ2) is 5.86. The van der Waals surface area contributed by atoms with E-state index in [1.807, 2.05) is 0 Å². The van der Waals surface area contributed by atoms with Crippen molar-refractivity contribution in [1.29, 1.82) is 0 Å². The van der Waals surface area contributed by atoms with Crippen LogP contribution in [0.2, 0.25) is 0 Å². The van der Waals surface area contributed by atoms with Gasteiger partial charge in [0.25, 0.3) is 0 Å². The fraction of sp³-hybridized carbons (Fsp3) is 0.625. The Morgan fingerprint density at radius 3 is 2.89 bits per heavy atom. The number of benzene rings is 1. The largest absolute Gasteiger partial charge is 0.301 e. The highest BCUT2D eigenvalue weighted by atomic mass is 32.2. The molecule has 0 saturated carbocycles. The maximum absolute atomic E-state index is 2.68. The standard InChI is InChI=1S/C16H24N2S/c1-3-14-11-18(9-8-17(14)2)12-15-10-13-6-4-5-7-16(13)19-15/h4-7,14-15H,3,8-12H2,1-2H3. The van der Waals surface area contributed by atoms with Crippen LogP contribution in [0.5, 0.6) is 0 Å². The Morgan fingerprint density at radius 1 is 1.26 bits per heavy atom. The van der Waals surface area contributed by atoms with E-state index in [0.29, 0.717) is 0 Å². The van der Waals surface area contributed by atoms with Crippen LogP contribution in [0.15, 0.2) is 29.2 Å². The molecule has 19 heavy (non-hydrogen) atoms. The summed E-state index contributed by atoms with van der Waals surface area (Å²) in [4.78, 5) is 6.71. The molecule has 2 heterocycles. The first-order chi connectivity index (χ1) is 9.26. The third-order valence-corrected chi connectivity index (χ3v) is 5.81. The Bertz CT molecular complexity index is 410. The summed E-state index contributed by atoms with van der Waals surface area (Å²) in [6.07, 6.45) is 2.52. The van der Waals surface area contributed by atoms with Gasteiger partial charge in [-0.05, 0) is 31.5 Å². The molecule has 2 unspecified atom stereocenters. The van der Waals surface area contributed by atoms with Crippen LogP contribution >= 0.6 is 11.8 Å². The Balaban J connectivity index is 1.56. The zero-order valence-corrected chi connectivity index (χ0v) is 12.8. The monoisotopic (exact) mass is 276 g/mol. The Morgan fingerprint density at radius 2 is 2.11 bits per heavy atom. The highest BCUT2D eigenvalue weighted by molar-refractivity contribution is 8.00. The van der Waals surface area contributed by atoms with Crippen molar-refractivity contribution in [2.24, 2.45) is 0 Å². The van der Waals surface area contributed by atoms with Gasteiger partial charge in [-0.2, -0.15) is 0 Å². The van der Waals surface area contributed by atoms with Crippen LogP contribution in [0.3, 0.4) is 0 Å².